The molecule has 1 aromatic carbocycles. The van der Waals surface area contributed by atoms with Gasteiger partial charge in [-0.25, -0.2) is 10.8 Å². The third-order valence-electron chi connectivity index (χ3n) is 5.86. The van der Waals surface area contributed by atoms with E-state index in [1.165, 1.54) is 12.8 Å². The van der Waals surface area contributed by atoms with Gasteiger partial charge < -0.3 is 15.6 Å². The number of nitrogens with two attached hydrogens (primary N) is 2. The van der Waals surface area contributed by atoms with E-state index in [0.29, 0.717) is 22.9 Å². The number of amides is 1. The molecule has 0 bridgehead atoms. The molecule has 1 saturated carbocycles. The van der Waals surface area contributed by atoms with Crippen LogP contribution in [-0.4, -0.2) is 33.9 Å². The lowest BCUT2D eigenvalue weighted by molar-refractivity contribution is -0.118. The van der Waals surface area contributed by atoms with Crippen molar-refractivity contribution >= 4 is 39.6 Å². The van der Waals surface area contributed by atoms with Crippen molar-refractivity contribution in [1.82, 2.24) is 14.9 Å². The van der Waals surface area contributed by atoms with Crippen molar-refractivity contribution in [2.45, 2.75) is 58.5 Å². The Kier molecular flexibility index (Phi) is 7.60. The lowest BCUT2D eigenvalue weighted by Crippen LogP contribution is -2.38. The number of thiazole rings is 1. The molecule has 30 heavy (non-hydrogen) atoms. The van der Waals surface area contributed by atoms with Crippen molar-refractivity contribution in [3.05, 3.63) is 40.1 Å². The van der Waals surface area contributed by atoms with Gasteiger partial charge >= 0.3 is 0 Å². The summed E-state index contributed by atoms with van der Waals surface area (Å²) >= 11 is 7.59. The van der Waals surface area contributed by atoms with Crippen LogP contribution in [0.3, 0.4) is 0 Å². The predicted octanol–water partition coefficient (Wildman–Crippen LogP) is 4.66. The SMILES string of the molecule is CC(C)C(C)N(N)/C=C(\N)C1CC1.O=CN1CCCC1c1nc2cc(Cl)ccc2s1. The van der Waals surface area contributed by atoms with Crippen LogP contribution in [0.2, 0.25) is 5.02 Å². The zero-order valence-electron chi connectivity index (χ0n) is 17.9. The number of halogens is 1. The molecular formula is C22H32ClN5OS. The van der Waals surface area contributed by atoms with Gasteiger partial charge in [0.15, 0.2) is 0 Å². The summed E-state index contributed by atoms with van der Waals surface area (Å²) in [4.78, 5) is 17.4. The summed E-state index contributed by atoms with van der Waals surface area (Å²) < 4.78 is 1.13. The Balaban J connectivity index is 0.000000178. The van der Waals surface area contributed by atoms with Gasteiger partial charge in [0.1, 0.15) is 5.01 Å². The smallest absolute Gasteiger partial charge is 0.210 e. The zero-order chi connectivity index (χ0) is 21.8. The van der Waals surface area contributed by atoms with Crippen LogP contribution in [-0.2, 0) is 4.79 Å². The second-order valence-electron chi connectivity index (χ2n) is 8.50. The van der Waals surface area contributed by atoms with E-state index in [4.69, 9.17) is 23.2 Å². The monoisotopic (exact) mass is 449 g/mol. The van der Waals surface area contributed by atoms with E-state index < -0.39 is 0 Å². The Labute approximate surface area is 187 Å². The summed E-state index contributed by atoms with van der Waals surface area (Å²) in [6.07, 6.45) is 7.34. The van der Waals surface area contributed by atoms with Crippen LogP contribution in [0.4, 0.5) is 0 Å². The first-order valence-electron chi connectivity index (χ1n) is 10.6. The number of carbonyl (C=O) groups excluding carboxylic acids is 1. The van der Waals surface area contributed by atoms with Crippen LogP contribution < -0.4 is 11.6 Å². The molecule has 4 rings (SSSR count). The summed E-state index contributed by atoms with van der Waals surface area (Å²) in [5, 5.41) is 3.46. The third kappa shape index (κ3) is 5.65. The van der Waals surface area contributed by atoms with Gasteiger partial charge in [-0.3, -0.25) is 4.79 Å². The Bertz CT molecular complexity index is 895. The lowest BCUT2D eigenvalue weighted by atomic mass is 10.1. The molecule has 4 N–H and O–H groups in total. The molecule has 6 nitrogen and oxygen atoms in total. The van der Waals surface area contributed by atoms with Crippen molar-refractivity contribution < 1.29 is 4.79 Å². The first-order chi connectivity index (χ1) is 14.3. The highest BCUT2D eigenvalue weighted by Gasteiger charge is 2.27. The highest BCUT2D eigenvalue weighted by atomic mass is 35.5. The molecule has 8 heteroatoms. The van der Waals surface area contributed by atoms with Crippen LogP contribution in [0.15, 0.2) is 30.1 Å². The van der Waals surface area contributed by atoms with Crippen LogP contribution in [0.25, 0.3) is 10.2 Å². The molecule has 1 aromatic heterocycles. The number of fused-ring (bicyclic) bond motifs is 1. The number of hydrogen-bond donors (Lipinski definition) is 2. The van der Waals surface area contributed by atoms with Crippen molar-refractivity contribution in [2.24, 2.45) is 23.4 Å². The molecule has 2 atom stereocenters. The van der Waals surface area contributed by atoms with Gasteiger partial charge in [0.25, 0.3) is 0 Å². The molecule has 1 aliphatic carbocycles. The standard InChI is InChI=1S/C12H11ClN2OS.C10H21N3/c13-8-3-4-11-9(6-8)14-12(17-11)10-2-1-5-15(10)7-16;1-7(2)8(3)13(12)6-10(11)9-4-5-9/h3-4,6-7,10H,1-2,5H2;6-9H,4-5,11-12H2,1-3H3/b;10-6-. The maximum absolute atomic E-state index is 10.9. The van der Waals surface area contributed by atoms with Crippen molar-refractivity contribution in [3.63, 3.8) is 0 Å². The maximum atomic E-state index is 10.9. The van der Waals surface area contributed by atoms with Gasteiger partial charge in [-0.1, -0.05) is 25.4 Å². The minimum atomic E-state index is 0.156. The molecule has 1 saturated heterocycles. The molecule has 1 aliphatic heterocycles. The first kappa shape index (κ1) is 22.8. The molecule has 2 aromatic rings. The van der Waals surface area contributed by atoms with Gasteiger partial charge in [-0.05, 0) is 56.7 Å². The number of allylic oxidation sites excluding steroid dienone is 1. The second kappa shape index (κ2) is 9.98. The molecule has 2 aliphatic rings. The fourth-order valence-electron chi connectivity index (χ4n) is 3.40. The van der Waals surface area contributed by atoms with Crippen LogP contribution in [0, 0.1) is 11.8 Å². The largest absolute Gasteiger partial charge is 0.401 e. The lowest BCUT2D eigenvalue weighted by Gasteiger charge is -2.26. The Morgan fingerprint density at radius 3 is 2.70 bits per heavy atom. The molecule has 0 radical (unpaired) electrons. The van der Waals surface area contributed by atoms with Gasteiger partial charge in [-0.2, -0.15) is 0 Å². The molecule has 2 heterocycles. The van der Waals surface area contributed by atoms with Gasteiger partial charge in [0.05, 0.1) is 16.3 Å². The Morgan fingerprint density at radius 1 is 1.33 bits per heavy atom. The fourth-order valence-corrected chi connectivity index (χ4v) is 4.67. The normalized spacial score (nSPS) is 20.3. The highest BCUT2D eigenvalue weighted by molar-refractivity contribution is 7.18. The van der Waals surface area contributed by atoms with Crippen molar-refractivity contribution in [3.8, 4) is 0 Å². The summed E-state index contributed by atoms with van der Waals surface area (Å²) in [5.41, 5.74) is 7.72. The zero-order valence-corrected chi connectivity index (χ0v) is 19.5. The van der Waals surface area contributed by atoms with Crippen LogP contribution in [0.5, 0.6) is 0 Å². The van der Waals surface area contributed by atoms with E-state index in [9.17, 15) is 4.79 Å². The van der Waals surface area contributed by atoms with E-state index in [-0.39, 0.29) is 6.04 Å². The number of likely N-dealkylation sites (tertiary alicyclic amines) is 1. The molecule has 0 spiro atoms. The topological polar surface area (TPSA) is 88.5 Å². The number of benzene rings is 1. The average molecular weight is 450 g/mol. The summed E-state index contributed by atoms with van der Waals surface area (Å²) in [5.74, 6) is 7.01. The quantitative estimate of drug-likeness (QED) is 0.380. The molecule has 2 fully saturated rings. The molecular weight excluding hydrogens is 418 g/mol. The van der Waals surface area contributed by atoms with Gasteiger partial charge in [0.2, 0.25) is 6.41 Å². The number of aromatic nitrogens is 1. The van der Waals surface area contributed by atoms with E-state index in [1.807, 2.05) is 29.3 Å². The minimum absolute atomic E-state index is 0.156. The van der Waals surface area contributed by atoms with Crippen LogP contribution in [0.1, 0.15) is 57.5 Å². The van der Waals surface area contributed by atoms with Crippen LogP contribution >= 0.6 is 22.9 Å². The van der Waals surface area contributed by atoms with E-state index in [1.54, 1.807) is 16.3 Å². The van der Waals surface area contributed by atoms with Crippen molar-refractivity contribution in [1.29, 1.82) is 0 Å². The second-order valence-corrected chi connectivity index (χ2v) is 10.00. The van der Waals surface area contributed by atoms with E-state index >= 15 is 0 Å². The molecule has 2 unspecified atom stereocenters. The fraction of sp³-hybridized carbons (Fsp3) is 0.545. The molecule has 1 amide bonds. The summed E-state index contributed by atoms with van der Waals surface area (Å²) in [6.45, 7) is 7.27. The van der Waals surface area contributed by atoms with E-state index in [2.05, 4.69) is 25.8 Å². The highest BCUT2D eigenvalue weighted by Crippen LogP contribution is 2.36. The third-order valence-corrected chi connectivity index (χ3v) is 7.24. The number of hydrazine groups is 1. The number of rotatable bonds is 6. The Morgan fingerprint density at radius 2 is 2.07 bits per heavy atom. The van der Waals surface area contributed by atoms with Gasteiger partial charge in [-0.15, -0.1) is 11.3 Å². The number of nitrogens with zero attached hydrogens (tertiary/aromatic N) is 3. The average Bonchev–Trinajstić information content (AvgIpc) is 3.32. The first-order valence-corrected chi connectivity index (χ1v) is 11.8. The predicted molar refractivity (Wildman–Crippen MR) is 125 cm³/mol. The Hall–Kier alpha value is -1.83. The summed E-state index contributed by atoms with van der Waals surface area (Å²) in [6, 6.07) is 6.23. The number of carbonyl (C=O) groups is 1. The minimum Gasteiger partial charge on any atom is -0.401 e. The summed E-state index contributed by atoms with van der Waals surface area (Å²) in [7, 11) is 0. The molecule has 164 valence electrons. The van der Waals surface area contributed by atoms with Gasteiger partial charge in [0, 0.05) is 35.4 Å². The number of hydrogen-bond acceptors (Lipinski definition) is 6. The van der Waals surface area contributed by atoms with Crippen molar-refractivity contribution in [2.75, 3.05) is 6.54 Å². The maximum Gasteiger partial charge on any atom is 0.210 e. The van der Waals surface area contributed by atoms with E-state index in [0.717, 1.165) is 46.7 Å².